The molecule has 0 unspecified atom stereocenters. The largest absolute Gasteiger partial charge is 0.416 e. The number of nitrogens with zero attached hydrogens (tertiary/aromatic N) is 4. The highest BCUT2D eigenvalue weighted by molar-refractivity contribution is 5.97. The van der Waals surface area contributed by atoms with Gasteiger partial charge in [0, 0.05) is 44.1 Å². The molecule has 8 nitrogen and oxygen atoms in total. The summed E-state index contributed by atoms with van der Waals surface area (Å²) in [5, 5.41) is 0.176. The Labute approximate surface area is 185 Å². The number of alkyl halides is 3. The number of piperazine rings is 1. The highest BCUT2D eigenvalue weighted by Crippen LogP contribution is 2.35. The molecular formula is C22H20F3N5O3. The summed E-state index contributed by atoms with van der Waals surface area (Å²) in [6.07, 6.45) is -1.39. The lowest BCUT2D eigenvalue weighted by atomic mass is 10.1. The molecule has 33 heavy (non-hydrogen) atoms. The highest BCUT2D eigenvalue weighted by Gasteiger charge is 2.32. The van der Waals surface area contributed by atoms with Gasteiger partial charge in [0.05, 0.1) is 16.5 Å². The van der Waals surface area contributed by atoms with Crippen molar-refractivity contribution in [3.63, 3.8) is 0 Å². The molecule has 5 rings (SSSR count). The zero-order valence-electron chi connectivity index (χ0n) is 17.4. The van der Waals surface area contributed by atoms with Crippen LogP contribution in [0.5, 0.6) is 0 Å². The van der Waals surface area contributed by atoms with Crippen molar-refractivity contribution in [2.45, 2.75) is 25.1 Å². The number of hydrogen-bond donors (Lipinski definition) is 1. The number of rotatable bonds is 3. The van der Waals surface area contributed by atoms with Crippen LogP contribution in [0, 0.1) is 0 Å². The van der Waals surface area contributed by atoms with Crippen molar-refractivity contribution in [2.24, 2.45) is 0 Å². The number of nitrogens with one attached hydrogen (secondary N) is 1. The maximum Gasteiger partial charge on any atom is 0.416 e. The Hall–Kier alpha value is -3.63. The van der Waals surface area contributed by atoms with Crippen molar-refractivity contribution in [1.82, 2.24) is 19.4 Å². The van der Waals surface area contributed by atoms with Crippen LogP contribution in [0.2, 0.25) is 0 Å². The third-order valence-corrected chi connectivity index (χ3v) is 6.04. The van der Waals surface area contributed by atoms with Gasteiger partial charge in [-0.3, -0.25) is 19.1 Å². The van der Waals surface area contributed by atoms with Crippen molar-refractivity contribution in [1.29, 1.82) is 0 Å². The molecule has 0 atom stereocenters. The number of H-pyrrole nitrogens is 1. The lowest BCUT2D eigenvalue weighted by Crippen LogP contribution is -2.48. The molecule has 2 aromatic heterocycles. The van der Waals surface area contributed by atoms with Crippen LogP contribution in [0.15, 0.2) is 46.1 Å². The monoisotopic (exact) mass is 459 g/mol. The first-order valence-electron chi connectivity index (χ1n) is 10.6. The van der Waals surface area contributed by atoms with Crippen molar-refractivity contribution in [3.8, 4) is 0 Å². The first-order chi connectivity index (χ1) is 15.7. The van der Waals surface area contributed by atoms with E-state index in [1.165, 1.54) is 22.9 Å². The summed E-state index contributed by atoms with van der Waals surface area (Å²) < 4.78 is 40.5. The summed E-state index contributed by atoms with van der Waals surface area (Å²) >= 11 is 0. The Bertz CT molecular complexity index is 1350. The summed E-state index contributed by atoms with van der Waals surface area (Å²) in [5.74, 6) is -0.323. The Morgan fingerprint density at radius 3 is 2.45 bits per heavy atom. The van der Waals surface area contributed by atoms with Crippen LogP contribution in [0.25, 0.3) is 11.0 Å². The number of benzene rings is 1. The van der Waals surface area contributed by atoms with Gasteiger partial charge < -0.3 is 9.80 Å². The molecule has 1 aliphatic carbocycles. The first-order valence-corrected chi connectivity index (χ1v) is 10.6. The Balaban J connectivity index is 1.34. The lowest BCUT2D eigenvalue weighted by Gasteiger charge is -2.36. The number of hydrogen-bond acceptors (Lipinski definition) is 5. The molecule has 1 amide bonds. The lowest BCUT2D eigenvalue weighted by molar-refractivity contribution is -0.137. The molecule has 2 aliphatic rings. The maximum atomic E-state index is 13.0. The van der Waals surface area contributed by atoms with Crippen LogP contribution < -0.4 is 16.1 Å². The normalized spacial score (nSPS) is 16.9. The van der Waals surface area contributed by atoms with Gasteiger partial charge in [-0.15, -0.1) is 0 Å². The maximum absolute atomic E-state index is 13.0. The number of aromatic amines is 1. The minimum absolute atomic E-state index is 0.00910. The van der Waals surface area contributed by atoms with Gasteiger partial charge in [0.25, 0.3) is 11.5 Å². The predicted molar refractivity (Wildman–Crippen MR) is 114 cm³/mol. The summed E-state index contributed by atoms with van der Waals surface area (Å²) in [7, 11) is 0. The molecule has 11 heteroatoms. The van der Waals surface area contributed by atoms with Crippen LogP contribution in [0.4, 0.5) is 18.9 Å². The van der Waals surface area contributed by atoms with E-state index in [2.05, 4.69) is 9.97 Å². The quantitative estimate of drug-likeness (QED) is 0.650. The number of halogens is 3. The second kappa shape index (κ2) is 7.75. The summed E-state index contributed by atoms with van der Waals surface area (Å²) in [4.78, 5) is 47.4. The molecule has 1 saturated carbocycles. The smallest absolute Gasteiger partial charge is 0.368 e. The second-order valence-corrected chi connectivity index (χ2v) is 8.28. The molecule has 0 spiro atoms. The van der Waals surface area contributed by atoms with E-state index < -0.39 is 23.0 Å². The average molecular weight is 459 g/mol. The van der Waals surface area contributed by atoms with Crippen LogP contribution in [0.1, 0.15) is 34.8 Å². The van der Waals surface area contributed by atoms with Gasteiger partial charge in [-0.05, 0) is 37.1 Å². The van der Waals surface area contributed by atoms with E-state index in [1.54, 1.807) is 15.9 Å². The molecular weight excluding hydrogens is 439 g/mol. The standard InChI is InChI=1S/C22H20F3N5O3/c23-22(24,25)14-2-1-3-16(11-14)28-6-8-29(9-7-28)20(32)13-10-17-18(26-12-13)30(15-4-5-15)21(33)27-19(17)31/h1-3,10-12,15H,4-9H2,(H,27,31,33). The Morgan fingerprint density at radius 2 is 1.79 bits per heavy atom. The van der Waals surface area contributed by atoms with Gasteiger partial charge in [0.15, 0.2) is 0 Å². The summed E-state index contributed by atoms with van der Waals surface area (Å²) in [6, 6.07) is 6.58. The van der Waals surface area contributed by atoms with E-state index >= 15 is 0 Å². The molecule has 0 radical (unpaired) electrons. The van der Waals surface area contributed by atoms with Gasteiger partial charge in [0.2, 0.25) is 0 Å². The van der Waals surface area contributed by atoms with Crippen molar-refractivity contribution in [3.05, 3.63) is 68.5 Å². The highest BCUT2D eigenvalue weighted by atomic mass is 19.4. The van der Waals surface area contributed by atoms with Crippen molar-refractivity contribution in [2.75, 3.05) is 31.1 Å². The van der Waals surface area contributed by atoms with E-state index in [1.807, 2.05) is 0 Å². The zero-order chi connectivity index (χ0) is 23.3. The van der Waals surface area contributed by atoms with Crippen LogP contribution in [-0.2, 0) is 6.18 Å². The predicted octanol–water partition coefficient (Wildman–Crippen LogP) is 2.40. The summed E-state index contributed by atoms with van der Waals surface area (Å²) in [5.41, 5.74) is -0.876. The number of amides is 1. The minimum Gasteiger partial charge on any atom is -0.368 e. The van der Waals surface area contributed by atoms with Gasteiger partial charge in [-0.25, -0.2) is 9.78 Å². The number of carbonyl (C=O) groups is 1. The molecule has 1 saturated heterocycles. The van der Waals surface area contributed by atoms with E-state index in [4.69, 9.17) is 0 Å². The molecule has 1 N–H and O–H groups in total. The third kappa shape index (κ3) is 3.98. The molecule has 1 aliphatic heterocycles. The van der Waals surface area contributed by atoms with Crippen LogP contribution >= 0.6 is 0 Å². The van der Waals surface area contributed by atoms with Gasteiger partial charge in [-0.1, -0.05) is 6.07 Å². The van der Waals surface area contributed by atoms with Gasteiger partial charge >= 0.3 is 11.9 Å². The topological polar surface area (TPSA) is 91.3 Å². The van der Waals surface area contributed by atoms with E-state index in [0.717, 1.165) is 25.0 Å². The van der Waals surface area contributed by atoms with E-state index in [9.17, 15) is 27.6 Å². The Morgan fingerprint density at radius 1 is 1.06 bits per heavy atom. The van der Waals surface area contributed by atoms with Gasteiger partial charge in [0.1, 0.15) is 5.65 Å². The van der Waals surface area contributed by atoms with Crippen LogP contribution in [-0.4, -0.2) is 51.5 Å². The minimum atomic E-state index is -4.42. The molecule has 0 bridgehead atoms. The van der Waals surface area contributed by atoms with Crippen molar-refractivity contribution < 1.29 is 18.0 Å². The molecule has 2 fully saturated rings. The number of anilines is 1. The van der Waals surface area contributed by atoms with Crippen molar-refractivity contribution >= 4 is 22.6 Å². The van der Waals surface area contributed by atoms with Crippen LogP contribution in [0.3, 0.4) is 0 Å². The summed E-state index contributed by atoms with van der Waals surface area (Å²) in [6.45, 7) is 1.36. The SMILES string of the molecule is O=C(c1cnc2c(c1)c(=O)[nH]c(=O)n2C1CC1)N1CCN(c2cccc(C(F)(F)F)c2)CC1. The third-order valence-electron chi connectivity index (χ3n) is 6.04. The van der Waals surface area contributed by atoms with Gasteiger partial charge in [-0.2, -0.15) is 13.2 Å². The number of aromatic nitrogens is 3. The fourth-order valence-corrected chi connectivity index (χ4v) is 4.16. The fourth-order valence-electron chi connectivity index (χ4n) is 4.16. The first kappa shape index (κ1) is 21.2. The fraction of sp³-hybridized carbons (Fsp3) is 0.364. The number of pyridine rings is 1. The molecule has 1 aromatic carbocycles. The van der Waals surface area contributed by atoms with E-state index in [-0.39, 0.29) is 28.5 Å². The molecule has 172 valence electrons. The van der Waals surface area contributed by atoms with E-state index in [0.29, 0.717) is 31.9 Å². The molecule has 3 aromatic rings. The zero-order valence-corrected chi connectivity index (χ0v) is 17.4. The number of fused-ring (bicyclic) bond motifs is 1. The average Bonchev–Trinajstić information content (AvgIpc) is 3.63. The second-order valence-electron chi connectivity index (χ2n) is 8.28. The molecule has 3 heterocycles. The number of carbonyl (C=O) groups excluding carboxylic acids is 1. The Kier molecular flexibility index (Phi) is 4.98.